The highest BCUT2D eigenvalue weighted by molar-refractivity contribution is 9.10. The second kappa shape index (κ2) is 8.70. The van der Waals surface area contributed by atoms with Crippen LogP contribution >= 0.6 is 27.5 Å². The lowest BCUT2D eigenvalue weighted by molar-refractivity contribution is -0.147. The minimum Gasteiger partial charge on any atom is -0.455 e. The average Bonchev–Trinajstić information content (AvgIpc) is 2.54. The molecule has 6 heteroatoms. The predicted molar refractivity (Wildman–Crippen MR) is 92.1 cm³/mol. The summed E-state index contributed by atoms with van der Waals surface area (Å²) in [6, 6.07) is 14.6. The number of carbonyl (C=O) groups is 2. The van der Waals surface area contributed by atoms with Crippen molar-refractivity contribution in [3.05, 3.63) is 69.2 Å². The first-order valence-corrected chi connectivity index (χ1v) is 8.12. The molecule has 120 valence electrons. The van der Waals surface area contributed by atoms with Crippen molar-refractivity contribution in [1.29, 1.82) is 0 Å². The van der Waals surface area contributed by atoms with Gasteiger partial charge in [0, 0.05) is 16.0 Å². The van der Waals surface area contributed by atoms with Crippen LogP contribution in [0.4, 0.5) is 0 Å². The molecule has 0 heterocycles. The van der Waals surface area contributed by atoms with E-state index in [1.807, 2.05) is 24.3 Å². The second-order valence-corrected chi connectivity index (χ2v) is 6.06. The van der Waals surface area contributed by atoms with Crippen molar-refractivity contribution < 1.29 is 14.3 Å². The van der Waals surface area contributed by atoms with Crippen LogP contribution in [0.1, 0.15) is 11.1 Å². The Bertz CT molecular complexity index is 706. The van der Waals surface area contributed by atoms with Gasteiger partial charge in [0.15, 0.2) is 6.61 Å². The number of rotatable bonds is 6. The zero-order chi connectivity index (χ0) is 16.7. The van der Waals surface area contributed by atoms with E-state index in [0.717, 1.165) is 10.0 Å². The molecule has 0 fully saturated rings. The third-order valence-electron chi connectivity index (χ3n) is 3.09. The zero-order valence-corrected chi connectivity index (χ0v) is 14.6. The summed E-state index contributed by atoms with van der Waals surface area (Å²) in [4.78, 5) is 23.5. The van der Waals surface area contributed by atoms with Gasteiger partial charge in [0.1, 0.15) is 0 Å². The molecule has 0 radical (unpaired) electrons. The summed E-state index contributed by atoms with van der Waals surface area (Å²) in [5.74, 6) is -0.845. The van der Waals surface area contributed by atoms with E-state index in [-0.39, 0.29) is 18.9 Å². The second-order valence-electron chi connectivity index (χ2n) is 4.80. The summed E-state index contributed by atoms with van der Waals surface area (Å²) in [6.07, 6.45) is 0.0389. The number of hydrogen-bond donors (Lipinski definition) is 1. The molecule has 23 heavy (non-hydrogen) atoms. The molecule has 2 aromatic carbocycles. The van der Waals surface area contributed by atoms with Crippen molar-refractivity contribution in [3.63, 3.8) is 0 Å². The number of ether oxygens (including phenoxy) is 1. The van der Waals surface area contributed by atoms with Gasteiger partial charge in [-0.05, 0) is 23.3 Å². The standard InChI is InChI=1S/C17H15BrClNO3/c18-14-7-3-1-6-13(14)10-20-16(21)11-23-17(22)9-12-5-2-4-8-15(12)19/h1-8H,9-11H2,(H,20,21). The van der Waals surface area contributed by atoms with Crippen molar-refractivity contribution >= 4 is 39.4 Å². The Morgan fingerprint density at radius 2 is 1.70 bits per heavy atom. The Morgan fingerprint density at radius 3 is 2.39 bits per heavy atom. The molecule has 0 saturated carbocycles. The van der Waals surface area contributed by atoms with Gasteiger partial charge in [-0.1, -0.05) is 63.9 Å². The number of benzene rings is 2. The highest BCUT2D eigenvalue weighted by Gasteiger charge is 2.10. The van der Waals surface area contributed by atoms with Crippen LogP contribution < -0.4 is 5.32 Å². The fourth-order valence-corrected chi connectivity index (χ4v) is 2.51. The van der Waals surface area contributed by atoms with E-state index in [4.69, 9.17) is 16.3 Å². The molecule has 0 spiro atoms. The van der Waals surface area contributed by atoms with Crippen LogP contribution in [-0.2, 0) is 27.3 Å². The summed E-state index contributed by atoms with van der Waals surface area (Å²) in [5, 5.41) is 3.20. The Labute approximate surface area is 147 Å². The first-order valence-electron chi connectivity index (χ1n) is 6.95. The van der Waals surface area contributed by atoms with Crippen LogP contribution in [0, 0.1) is 0 Å². The van der Waals surface area contributed by atoms with Crippen LogP contribution in [0.2, 0.25) is 5.02 Å². The van der Waals surface area contributed by atoms with Gasteiger partial charge in [-0.25, -0.2) is 0 Å². The summed E-state index contributed by atoms with van der Waals surface area (Å²) >= 11 is 9.38. The van der Waals surface area contributed by atoms with E-state index < -0.39 is 5.97 Å². The predicted octanol–water partition coefficient (Wildman–Crippen LogP) is 3.50. The van der Waals surface area contributed by atoms with Crippen molar-refractivity contribution in [2.75, 3.05) is 6.61 Å². The maximum atomic E-state index is 11.7. The van der Waals surface area contributed by atoms with Gasteiger partial charge in [0.05, 0.1) is 6.42 Å². The van der Waals surface area contributed by atoms with Gasteiger partial charge in [0.2, 0.25) is 0 Å². The van der Waals surface area contributed by atoms with E-state index in [1.54, 1.807) is 24.3 Å². The first kappa shape index (κ1) is 17.5. The third-order valence-corrected chi connectivity index (χ3v) is 4.23. The Balaban J connectivity index is 1.75. The molecule has 2 rings (SSSR count). The smallest absolute Gasteiger partial charge is 0.310 e. The topological polar surface area (TPSA) is 55.4 Å². The molecular weight excluding hydrogens is 382 g/mol. The zero-order valence-electron chi connectivity index (χ0n) is 12.2. The lowest BCUT2D eigenvalue weighted by atomic mass is 10.1. The van der Waals surface area contributed by atoms with E-state index in [0.29, 0.717) is 17.1 Å². The van der Waals surface area contributed by atoms with Crippen molar-refractivity contribution in [1.82, 2.24) is 5.32 Å². The Kier molecular flexibility index (Phi) is 6.62. The first-order chi connectivity index (χ1) is 11.1. The Hall–Kier alpha value is -1.85. The molecule has 0 bridgehead atoms. The normalized spacial score (nSPS) is 10.2. The number of halogens is 2. The number of nitrogens with one attached hydrogen (secondary N) is 1. The average molecular weight is 397 g/mol. The molecule has 0 aromatic heterocycles. The maximum absolute atomic E-state index is 11.7. The Morgan fingerprint density at radius 1 is 1.04 bits per heavy atom. The summed E-state index contributed by atoms with van der Waals surface area (Å²) in [6.45, 7) is 0.0516. The third kappa shape index (κ3) is 5.69. The molecule has 0 aliphatic heterocycles. The molecule has 1 amide bonds. The van der Waals surface area contributed by atoms with Crippen LogP contribution in [0.25, 0.3) is 0 Å². The van der Waals surface area contributed by atoms with Gasteiger partial charge in [-0.2, -0.15) is 0 Å². The molecule has 0 aliphatic rings. The largest absolute Gasteiger partial charge is 0.455 e. The number of carbonyl (C=O) groups excluding carboxylic acids is 2. The van der Waals surface area contributed by atoms with Gasteiger partial charge < -0.3 is 10.1 Å². The SMILES string of the molecule is O=C(COC(=O)Cc1ccccc1Cl)NCc1ccccc1Br. The number of hydrogen-bond acceptors (Lipinski definition) is 3. The van der Waals surface area contributed by atoms with Gasteiger partial charge >= 0.3 is 5.97 Å². The van der Waals surface area contributed by atoms with Crippen molar-refractivity contribution in [2.45, 2.75) is 13.0 Å². The van der Waals surface area contributed by atoms with Crippen molar-refractivity contribution in [3.8, 4) is 0 Å². The van der Waals surface area contributed by atoms with Crippen molar-refractivity contribution in [2.24, 2.45) is 0 Å². The number of amides is 1. The monoisotopic (exact) mass is 395 g/mol. The summed E-state index contributed by atoms with van der Waals surface area (Å²) < 4.78 is 5.87. The molecule has 4 nitrogen and oxygen atoms in total. The molecule has 0 saturated heterocycles. The maximum Gasteiger partial charge on any atom is 0.310 e. The summed E-state index contributed by atoms with van der Waals surface area (Å²) in [5.41, 5.74) is 1.62. The molecule has 0 aliphatic carbocycles. The fourth-order valence-electron chi connectivity index (χ4n) is 1.88. The minimum atomic E-state index is -0.492. The van der Waals surface area contributed by atoms with Gasteiger partial charge in [-0.3, -0.25) is 9.59 Å². The lowest BCUT2D eigenvalue weighted by Crippen LogP contribution is -2.28. The van der Waals surface area contributed by atoms with Crippen LogP contribution in [0.5, 0.6) is 0 Å². The van der Waals surface area contributed by atoms with E-state index in [2.05, 4.69) is 21.2 Å². The number of esters is 1. The molecule has 2 aromatic rings. The highest BCUT2D eigenvalue weighted by atomic mass is 79.9. The van der Waals surface area contributed by atoms with E-state index in [1.165, 1.54) is 0 Å². The minimum absolute atomic E-state index is 0.0389. The van der Waals surface area contributed by atoms with E-state index in [9.17, 15) is 9.59 Å². The lowest BCUT2D eigenvalue weighted by Gasteiger charge is -2.08. The van der Waals surface area contributed by atoms with Crippen LogP contribution in [0.3, 0.4) is 0 Å². The van der Waals surface area contributed by atoms with E-state index >= 15 is 0 Å². The van der Waals surface area contributed by atoms with Gasteiger partial charge in [-0.15, -0.1) is 0 Å². The summed E-state index contributed by atoms with van der Waals surface area (Å²) in [7, 11) is 0. The van der Waals surface area contributed by atoms with Crippen LogP contribution in [-0.4, -0.2) is 18.5 Å². The van der Waals surface area contributed by atoms with Crippen LogP contribution in [0.15, 0.2) is 53.0 Å². The quantitative estimate of drug-likeness (QED) is 0.760. The molecule has 1 N–H and O–H groups in total. The molecule has 0 unspecified atom stereocenters. The highest BCUT2D eigenvalue weighted by Crippen LogP contribution is 2.16. The fraction of sp³-hybridized carbons (Fsp3) is 0.176. The molecular formula is C17H15BrClNO3. The molecule has 0 atom stereocenters. The van der Waals surface area contributed by atoms with Gasteiger partial charge in [0.25, 0.3) is 5.91 Å².